The standard InChI is InChI=1S/C14H17ClFN3/c15-10-5-2-6-11(16)13(10)9-7-12(9)19-14(17)18-8-3-1-4-8/h2,5-6,8-9,12H,1,3-4,7H2,(H3,17,18,19)/t9-,12-/m1/s1. The van der Waals surface area contributed by atoms with Gasteiger partial charge >= 0.3 is 0 Å². The molecule has 2 saturated carbocycles. The average molecular weight is 282 g/mol. The minimum absolute atomic E-state index is 0.0574. The lowest BCUT2D eigenvalue weighted by atomic mass is 9.93. The minimum Gasteiger partial charge on any atom is -0.370 e. The first-order valence-corrected chi connectivity index (χ1v) is 7.06. The molecule has 0 amide bonds. The molecule has 0 bridgehead atoms. The second-order valence-electron chi connectivity index (χ2n) is 5.33. The van der Waals surface area contributed by atoms with Gasteiger partial charge in [0.1, 0.15) is 5.82 Å². The fourth-order valence-corrected chi connectivity index (χ4v) is 2.78. The number of hydrogen-bond acceptors (Lipinski definition) is 1. The normalized spacial score (nSPS) is 26.9. The Labute approximate surface area is 117 Å². The molecule has 2 aliphatic rings. The summed E-state index contributed by atoms with van der Waals surface area (Å²) in [5.74, 6) is 0.292. The lowest BCUT2D eigenvalue weighted by molar-refractivity contribution is 0.382. The molecule has 3 nitrogen and oxygen atoms in total. The van der Waals surface area contributed by atoms with Crippen molar-refractivity contribution in [3.05, 3.63) is 34.6 Å². The number of nitrogens with one attached hydrogen (secondary N) is 1. The van der Waals surface area contributed by atoms with Gasteiger partial charge in [0.15, 0.2) is 5.96 Å². The first-order chi connectivity index (χ1) is 9.15. The lowest BCUT2D eigenvalue weighted by Gasteiger charge is -2.26. The van der Waals surface area contributed by atoms with Crippen LogP contribution >= 0.6 is 11.6 Å². The number of nitrogens with zero attached hydrogens (tertiary/aromatic N) is 1. The van der Waals surface area contributed by atoms with Gasteiger partial charge in [-0.1, -0.05) is 17.7 Å². The zero-order valence-corrected chi connectivity index (χ0v) is 11.3. The molecule has 1 aromatic rings. The Hall–Kier alpha value is -1.29. The zero-order valence-electron chi connectivity index (χ0n) is 10.6. The van der Waals surface area contributed by atoms with E-state index in [1.165, 1.54) is 12.5 Å². The van der Waals surface area contributed by atoms with Crippen molar-refractivity contribution in [2.45, 2.75) is 43.7 Å². The van der Waals surface area contributed by atoms with Crippen LogP contribution < -0.4 is 11.1 Å². The van der Waals surface area contributed by atoms with Gasteiger partial charge in [-0.25, -0.2) is 9.38 Å². The van der Waals surface area contributed by atoms with Gasteiger partial charge in [-0.05, 0) is 37.8 Å². The molecule has 2 aliphatic carbocycles. The molecular weight excluding hydrogens is 265 g/mol. The molecule has 3 N–H and O–H groups in total. The van der Waals surface area contributed by atoms with Gasteiger partial charge in [0.05, 0.1) is 6.04 Å². The van der Waals surface area contributed by atoms with Crippen molar-refractivity contribution in [1.82, 2.24) is 5.32 Å². The number of hydrogen-bond donors (Lipinski definition) is 2. The SMILES string of the molecule is NC(=N[C@@H]1C[C@H]1c1c(F)cccc1Cl)NC1CCC1. The summed E-state index contributed by atoms with van der Waals surface area (Å²) in [7, 11) is 0. The molecule has 5 heteroatoms. The third kappa shape index (κ3) is 2.68. The van der Waals surface area contributed by atoms with E-state index in [0.29, 0.717) is 22.6 Å². The predicted octanol–water partition coefficient (Wildman–Crippen LogP) is 2.79. The molecular formula is C14H17ClFN3. The van der Waals surface area contributed by atoms with Crippen LogP contribution in [-0.2, 0) is 0 Å². The van der Waals surface area contributed by atoms with Crippen LogP contribution in [0, 0.1) is 5.82 Å². The number of benzene rings is 1. The molecule has 2 atom stereocenters. The van der Waals surface area contributed by atoms with Crippen LogP contribution in [0.1, 0.15) is 37.2 Å². The number of aliphatic imine (C=N–C) groups is 1. The quantitative estimate of drug-likeness (QED) is 0.661. The second kappa shape index (κ2) is 5.00. The fourth-order valence-electron chi connectivity index (χ4n) is 2.48. The summed E-state index contributed by atoms with van der Waals surface area (Å²) in [6.07, 6.45) is 4.38. The molecule has 0 heterocycles. The molecule has 102 valence electrons. The molecule has 2 fully saturated rings. The fraction of sp³-hybridized carbons (Fsp3) is 0.500. The van der Waals surface area contributed by atoms with Gasteiger partial charge < -0.3 is 11.1 Å². The number of guanidine groups is 1. The van der Waals surface area contributed by atoms with Gasteiger partial charge in [0, 0.05) is 22.5 Å². The van der Waals surface area contributed by atoms with Crippen molar-refractivity contribution in [3.8, 4) is 0 Å². The van der Waals surface area contributed by atoms with Crippen molar-refractivity contribution in [3.63, 3.8) is 0 Å². The zero-order chi connectivity index (χ0) is 13.4. The van der Waals surface area contributed by atoms with Gasteiger partial charge in [-0.15, -0.1) is 0 Å². The first kappa shape index (κ1) is 12.7. The topological polar surface area (TPSA) is 50.4 Å². The highest BCUT2D eigenvalue weighted by atomic mass is 35.5. The van der Waals surface area contributed by atoms with Crippen LogP contribution in [0.15, 0.2) is 23.2 Å². The largest absolute Gasteiger partial charge is 0.370 e. The third-order valence-corrected chi connectivity index (χ3v) is 4.22. The van der Waals surface area contributed by atoms with E-state index in [1.807, 2.05) is 0 Å². The highest BCUT2D eigenvalue weighted by Crippen LogP contribution is 2.47. The second-order valence-corrected chi connectivity index (χ2v) is 5.74. The van der Waals surface area contributed by atoms with Crippen molar-refractivity contribution in [2.24, 2.45) is 10.7 Å². The van der Waals surface area contributed by atoms with Crippen LogP contribution in [-0.4, -0.2) is 18.0 Å². The minimum atomic E-state index is -0.249. The summed E-state index contributed by atoms with van der Waals surface area (Å²) in [4.78, 5) is 4.41. The Kier molecular flexibility index (Phi) is 3.35. The smallest absolute Gasteiger partial charge is 0.189 e. The van der Waals surface area contributed by atoms with Crippen molar-refractivity contribution >= 4 is 17.6 Å². The van der Waals surface area contributed by atoms with Crippen LogP contribution in [0.2, 0.25) is 5.02 Å². The molecule has 0 aliphatic heterocycles. The maximum Gasteiger partial charge on any atom is 0.189 e. The number of nitrogens with two attached hydrogens (primary N) is 1. The van der Waals surface area contributed by atoms with E-state index in [4.69, 9.17) is 17.3 Å². The molecule has 1 aromatic carbocycles. The van der Waals surface area contributed by atoms with E-state index in [0.717, 1.165) is 19.3 Å². The van der Waals surface area contributed by atoms with Gasteiger partial charge in [0.2, 0.25) is 0 Å². The van der Waals surface area contributed by atoms with Gasteiger partial charge in [0.25, 0.3) is 0 Å². The molecule has 0 spiro atoms. The van der Waals surface area contributed by atoms with Crippen LogP contribution in [0.4, 0.5) is 4.39 Å². The Morgan fingerprint density at radius 3 is 2.84 bits per heavy atom. The van der Waals surface area contributed by atoms with Crippen molar-refractivity contribution < 1.29 is 4.39 Å². The van der Waals surface area contributed by atoms with E-state index >= 15 is 0 Å². The Bertz CT molecular complexity index is 493. The van der Waals surface area contributed by atoms with E-state index in [9.17, 15) is 4.39 Å². The summed E-state index contributed by atoms with van der Waals surface area (Å²) in [6.45, 7) is 0. The van der Waals surface area contributed by atoms with E-state index in [-0.39, 0.29) is 17.8 Å². The molecule has 19 heavy (non-hydrogen) atoms. The van der Waals surface area contributed by atoms with Gasteiger partial charge in [-0.2, -0.15) is 0 Å². The highest BCUT2D eigenvalue weighted by Gasteiger charge is 2.41. The third-order valence-electron chi connectivity index (χ3n) is 3.89. The Balaban J connectivity index is 1.65. The van der Waals surface area contributed by atoms with Crippen molar-refractivity contribution in [2.75, 3.05) is 0 Å². The molecule has 0 aromatic heterocycles. The van der Waals surface area contributed by atoms with E-state index in [2.05, 4.69) is 10.3 Å². The summed E-state index contributed by atoms with van der Waals surface area (Å²) < 4.78 is 13.7. The average Bonchev–Trinajstić information content (AvgIpc) is 3.02. The predicted molar refractivity (Wildman–Crippen MR) is 75.0 cm³/mol. The first-order valence-electron chi connectivity index (χ1n) is 6.69. The monoisotopic (exact) mass is 281 g/mol. The van der Waals surface area contributed by atoms with Crippen LogP contribution in [0.25, 0.3) is 0 Å². The summed E-state index contributed by atoms with van der Waals surface area (Å²) in [5, 5.41) is 3.67. The number of halogens is 2. The maximum atomic E-state index is 13.7. The Morgan fingerprint density at radius 1 is 1.42 bits per heavy atom. The van der Waals surface area contributed by atoms with E-state index < -0.39 is 0 Å². The van der Waals surface area contributed by atoms with Gasteiger partial charge in [-0.3, -0.25) is 0 Å². The molecule has 0 unspecified atom stereocenters. The summed E-state index contributed by atoms with van der Waals surface area (Å²) in [6, 6.07) is 5.31. The maximum absolute atomic E-state index is 13.7. The Morgan fingerprint density at radius 2 is 2.21 bits per heavy atom. The molecule has 0 saturated heterocycles. The van der Waals surface area contributed by atoms with E-state index in [1.54, 1.807) is 12.1 Å². The lowest BCUT2D eigenvalue weighted by Crippen LogP contribution is -2.43. The molecule has 3 rings (SSSR count). The number of rotatable bonds is 3. The van der Waals surface area contributed by atoms with Crippen LogP contribution in [0.5, 0.6) is 0 Å². The van der Waals surface area contributed by atoms with Crippen molar-refractivity contribution in [1.29, 1.82) is 0 Å². The summed E-state index contributed by atoms with van der Waals surface area (Å²) >= 11 is 6.05. The molecule has 0 radical (unpaired) electrons. The van der Waals surface area contributed by atoms with Crippen LogP contribution in [0.3, 0.4) is 0 Å². The highest BCUT2D eigenvalue weighted by molar-refractivity contribution is 6.31. The summed E-state index contributed by atoms with van der Waals surface area (Å²) in [5.41, 5.74) is 6.43.